The SMILES string of the molecule is CCCCCCCCCCCCc1ccc(O[SH](=O)=O)cc1.[Ti]. The van der Waals surface area contributed by atoms with Crippen LogP contribution in [-0.2, 0) is 39.1 Å². The molecule has 0 aromatic heterocycles. The van der Waals surface area contributed by atoms with Gasteiger partial charge in [-0.05, 0) is 30.5 Å². The van der Waals surface area contributed by atoms with E-state index in [4.69, 9.17) is 0 Å². The predicted molar refractivity (Wildman–Crippen MR) is 92.9 cm³/mol. The number of aryl methyl sites for hydroxylation is 1. The van der Waals surface area contributed by atoms with E-state index in [9.17, 15) is 8.42 Å². The Morgan fingerprint density at radius 1 is 0.783 bits per heavy atom. The van der Waals surface area contributed by atoms with E-state index in [-0.39, 0.29) is 21.7 Å². The number of unbranched alkanes of at least 4 members (excludes halogenated alkanes) is 9. The molecule has 0 saturated heterocycles. The van der Waals surface area contributed by atoms with Crippen LogP contribution in [0.1, 0.15) is 76.7 Å². The van der Waals surface area contributed by atoms with Crippen molar-refractivity contribution in [2.45, 2.75) is 77.6 Å². The number of rotatable bonds is 13. The summed E-state index contributed by atoms with van der Waals surface area (Å²) in [6.07, 6.45) is 14.5. The minimum atomic E-state index is -2.81. The van der Waals surface area contributed by atoms with Crippen molar-refractivity contribution in [2.75, 3.05) is 0 Å². The first kappa shape index (κ1) is 22.7. The number of hydrogen-bond donors (Lipinski definition) is 1. The maximum Gasteiger partial charge on any atom is 0.299 e. The van der Waals surface area contributed by atoms with Gasteiger partial charge < -0.3 is 4.18 Å². The Balaban J connectivity index is 0.00000484. The van der Waals surface area contributed by atoms with Crippen molar-refractivity contribution >= 4 is 11.0 Å². The van der Waals surface area contributed by atoms with Crippen LogP contribution in [0.4, 0.5) is 0 Å². The molecule has 0 radical (unpaired) electrons. The third kappa shape index (κ3) is 12.7. The van der Waals surface area contributed by atoms with Crippen LogP contribution in [0.2, 0.25) is 0 Å². The molecular formula is C18H30O3STi. The van der Waals surface area contributed by atoms with E-state index in [0.717, 1.165) is 6.42 Å². The number of benzene rings is 1. The summed E-state index contributed by atoms with van der Waals surface area (Å²) in [5.74, 6) is 0.392. The van der Waals surface area contributed by atoms with Crippen molar-refractivity contribution in [2.24, 2.45) is 0 Å². The van der Waals surface area contributed by atoms with Crippen molar-refractivity contribution in [3.05, 3.63) is 29.8 Å². The molecule has 0 N–H and O–H groups in total. The molecule has 130 valence electrons. The van der Waals surface area contributed by atoms with Gasteiger partial charge in [0.15, 0.2) is 0 Å². The van der Waals surface area contributed by atoms with Gasteiger partial charge in [-0.25, -0.2) is 0 Å². The third-order valence-electron chi connectivity index (χ3n) is 3.92. The van der Waals surface area contributed by atoms with Crippen molar-refractivity contribution in [3.8, 4) is 5.75 Å². The molecule has 0 unspecified atom stereocenters. The quantitative estimate of drug-likeness (QED) is 0.298. The van der Waals surface area contributed by atoms with E-state index in [1.165, 1.54) is 69.8 Å². The average molecular weight is 374 g/mol. The molecule has 0 heterocycles. The van der Waals surface area contributed by atoms with Gasteiger partial charge in [0, 0.05) is 21.7 Å². The zero-order valence-corrected chi connectivity index (χ0v) is 16.7. The minimum Gasteiger partial charge on any atom is -0.384 e. The van der Waals surface area contributed by atoms with Crippen LogP contribution in [0.3, 0.4) is 0 Å². The van der Waals surface area contributed by atoms with E-state index in [1.54, 1.807) is 12.1 Å². The Hall–Kier alpha value is -0.316. The summed E-state index contributed by atoms with van der Waals surface area (Å²) < 4.78 is 25.5. The van der Waals surface area contributed by atoms with Gasteiger partial charge in [0.2, 0.25) is 0 Å². The molecule has 0 saturated carbocycles. The summed E-state index contributed by atoms with van der Waals surface area (Å²) in [5.41, 5.74) is 1.24. The molecule has 0 bridgehead atoms. The third-order valence-corrected chi connectivity index (χ3v) is 4.28. The van der Waals surface area contributed by atoms with Crippen LogP contribution in [0.25, 0.3) is 0 Å². The summed E-state index contributed by atoms with van der Waals surface area (Å²) in [5, 5.41) is 0. The molecule has 1 rings (SSSR count). The molecule has 0 fully saturated rings. The molecule has 23 heavy (non-hydrogen) atoms. The number of hydrogen-bond acceptors (Lipinski definition) is 3. The molecule has 1 aromatic carbocycles. The van der Waals surface area contributed by atoms with Crippen LogP contribution in [-0.4, -0.2) is 8.42 Å². The molecule has 0 spiro atoms. The second-order valence-electron chi connectivity index (χ2n) is 5.89. The Morgan fingerprint density at radius 3 is 1.74 bits per heavy atom. The van der Waals surface area contributed by atoms with Crippen molar-refractivity contribution in [1.82, 2.24) is 0 Å². The zero-order valence-electron chi connectivity index (χ0n) is 14.3. The molecule has 5 heteroatoms. The van der Waals surface area contributed by atoms with Crippen LogP contribution < -0.4 is 4.18 Å². The molecule has 0 atom stereocenters. The van der Waals surface area contributed by atoms with Crippen molar-refractivity contribution < 1.29 is 34.3 Å². The molecule has 0 amide bonds. The Bertz CT molecular complexity index is 450. The fourth-order valence-electron chi connectivity index (χ4n) is 2.62. The first-order chi connectivity index (χ1) is 10.7. The van der Waals surface area contributed by atoms with E-state index in [2.05, 4.69) is 11.1 Å². The molecule has 0 aliphatic carbocycles. The molecule has 3 nitrogen and oxygen atoms in total. The maximum atomic E-state index is 10.4. The molecular weight excluding hydrogens is 344 g/mol. The van der Waals surface area contributed by atoms with Gasteiger partial charge >= 0.3 is 0 Å². The van der Waals surface area contributed by atoms with E-state index >= 15 is 0 Å². The predicted octanol–water partition coefficient (Wildman–Crippen LogP) is 5.05. The van der Waals surface area contributed by atoms with Gasteiger partial charge in [-0.1, -0.05) is 76.8 Å². The van der Waals surface area contributed by atoms with E-state index < -0.39 is 11.0 Å². The van der Waals surface area contributed by atoms with E-state index in [0.29, 0.717) is 5.75 Å². The van der Waals surface area contributed by atoms with Crippen LogP contribution in [0, 0.1) is 0 Å². The van der Waals surface area contributed by atoms with Gasteiger partial charge in [0.25, 0.3) is 11.0 Å². The van der Waals surface area contributed by atoms with Crippen molar-refractivity contribution in [1.29, 1.82) is 0 Å². The molecule has 0 aliphatic heterocycles. The normalized spacial score (nSPS) is 10.5. The first-order valence-corrected chi connectivity index (χ1v) is 9.73. The fourth-order valence-corrected chi connectivity index (χ4v) is 2.91. The number of thiol groups is 1. The first-order valence-electron chi connectivity index (χ1n) is 8.63. The molecule has 1 aromatic rings. The topological polar surface area (TPSA) is 43.4 Å². The van der Waals surface area contributed by atoms with Crippen molar-refractivity contribution in [3.63, 3.8) is 0 Å². The Kier molecular flexibility index (Phi) is 15.0. The fraction of sp³-hybridized carbons (Fsp3) is 0.667. The maximum absolute atomic E-state index is 10.4. The monoisotopic (exact) mass is 374 g/mol. The van der Waals surface area contributed by atoms with Crippen LogP contribution in [0.15, 0.2) is 24.3 Å². The minimum absolute atomic E-state index is 0. The van der Waals surface area contributed by atoms with Gasteiger partial charge in [0.1, 0.15) is 5.75 Å². The Morgan fingerprint density at radius 2 is 1.26 bits per heavy atom. The van der Waals surface area contributed by atoms with Gasteiger partial charge in [0.05, 0.1) is 0 Å². The van der Waals surface area contributed by atoms with Gasteiger partial charge in [-0.15, -0.1) is 0 Å². The standard InChI is InChI=1S/C18H30O3S.Ti/c1-2-3-4-5-6-7-8-9-10-11-12-17-13-15-18(16-14-17)21-22(19)20;/h13-16,22H,2-12H2,1H3;. The van der Waals surface area contributed by atoms with Crippen LogP contribution in [0.5, 0.6) is 5.75 Å². The summed E-state index contributed by atoms with van der Waals surface area (Å²) in [4.78, 5) is 0. The second-order valence-corrected chi connectivity index (χ2v) is 6.52. The summed E-state index contributed by atoms with van der Waals surface area (Å²) in [7, 11) is -2.81. The molecule has 0 aliphatic rings. The smallest absolute Gasteiger partial charge is 0.299 e. The summed E-state index contributed by atoms with van der Waals surface area (Å²) >= 11 is 0. The van der Waals surface area contributed by atoms with E-state index in [1.807, 2.05) is 12.1 Å². The second kappa shape index (κ2) is 15.2. The largest absolute Gasteiger partial charge is 0.384 e. The summed E-state index contributed by atoms with van der Waals surface area (Å²) in [6.45, 7) is 2.26. The average Bonchev–Trinajstić information content (AvgIpc) is 2.50. The van der Waals surface area contributed by atoms with Gasteiger partial charge in [-0.2, -0.15) is 8.42 Å². The van der Waals surface area contributed by atoms with Gasteiger partial charge in [-0.3, -0.25) is 0 Å². The Labute approximate surface area is 158 Å². The van der Waals surface area contributed by atoms with Crippen LogP contribution >= 0.6 is 0 Å². The zero-order chi connectivity index (χ0) is 16.0. The summed E-state index contributed by atoms with van der Waals surface area (Å²) in [6, 6.07) is 7.33.